The van der Waals surface area contributed by atoms with E-state index < -0.39 is 0 Å². The van der Waals surface area contributed by atoms with Crippen molar-refractivity contribution in [3.63, 3.8) is 0 Å². The number of hydrogen-bond donors (Lipinski definition) is 0. The summed E-state index contributed by atoms with van der Waals surface area (Å²) in [5, 5.41) is 0. The lowest BCUT2D eigenvalue weighted by atomic mass is 10.1. The molecule has 0 aromatic carbocycles. The first-order valence-electron chi connectivity index (χ1n) is 8.60. The van der Waals surface area contributed by atoms with Crippen LogP contribution in [0, 0.1) is 5.82 Å². The first-order valence-corrected chi connectivity index (χ1v) is 8.60. The van der Waals surface area contributed by atoms with Crippen LogP contribution in [0.3, 0.4) is 0 Å². The van der Waals surface area contributed by atoms with Crippen LogP contribution in [0.25, 0.3) is 0 Å². The van der Waals surface area contributed by atoms with E-state index in [0.29, 0.717) is 24.1 Å². The number of anilines is 1. The normalized spacial score (nSPS) is 21.9. The van der Waals surface area contributed by atoms with E-state index in [0.717, 1.165) is 25.5 Å². The summed E-state index contributed by atoms with van der Waals surface area (Å²) in [5.41, 5.74) is 1.89. The van der Waals surface area contributed by atoms with Gasteiger partial charge in [-0.25, -0.2) is 14.4 Å². The lowest BCUT2D eigenvalue weighted by molar-refractivity contribution is 0.178. The van der Waals surface area contributed by atoms with E-state index in [4.69, 9.17) is 0 Å². The quantitative estimate of drug-likeness (QED) is 0.864. The third-order valence-electron chi connectivity index (χ3n) is 4.99. The number of aromatic nitrogens is 3. The molecule has 0 amide bonds. The van der Waals surface area contributed by atoms with Gasteiger partial charge in [0.25, 0.3) is 0 Å². The number of nitrogens with zero attached hydrogens (tertiary/aromatic N) is 5. The van der Waals surface area contributed by atoms with Crippen LogP contribution >= 0.6 is 0 Å². The van der Waals surface area contributed by atoms with Crippen LogP contribution in [0.15, 0.2) is 30.9 Å². The van der Waals surface area contributed by atoms with Gasteiger partial charge in [-0.15, -0.1) is 0 Å². The molecule has 1 aliphatic carbocycles. The maximum atomic E-state index is 13.8. The smallest absolute Gasteiger partial charge is 0.145 e. The first-order chi connectivity index (χ1) is 11.7. The zero-order valence-corrected chi connectivity index (χ0v) is 13.9. The summed E-state index contributed by atoms with van der Waals surface area (Å²) in [6.07, 6.45) is 7.12. The van der Waals surface area contributed by atoms with Crippen molar-refractivity contribution in [2.24, 2.45) is 0 Å². The average molecular weight is 327 g/mol. The number of piperazine rings is 1. The van der Waals surface area contributed by atoms with Crippen LogP contribution in [-0.2, 0) is 6.54 Å². The van der Waals surface area contributed by atoms with Crippen molar-refractivity contribution in [1.29, 1.82) is 0 Å². The molecule has 2 fully saturated rings. The van der Waals surface area contributed by atoms with Crippen molar-refractivity contribution in [2.45, 2.75) is 38.3 Å². The number of halogens is 1. The van der Waals surface area contributed by atoms with Crippen LogP contribution < -0.4 is 4.90 Å². The van der Waals surface area contributed by atoms with Gasteiger partial charge >= 0.3 is 0 Å². The van der Waals surface area contributed by atoms with E-state index in [9.17, 15) is 4.39 Å². The van der Waals surface area contributed by atoms with Crippen LogP contribution in [0.2, 0.25) is 0 Å². The van der Waals surface area contributed by atoms with Crippen molar-refractivity contribution >= 4 is 5.82 Å². The van der Waals surface area contributed by atoms with E-state index >= 15 is 0 Å². The summed E-state index contributed by atoms with van der Waals surface area (Å²) in [5.74, 6) is 1.44. The molecule has 1 aliphatic heterocycles. The SMILES string of the molecule is CC1CN(c2cc(C3CC3)ncn2)CCN1Cc1ccncc1F. The van der Waals surface area contributed by atoms with Crippen molar-refractivity contribution < 1.29 is 4.39 Å². The highest BCUT2D eigenvalue weighted by Crippen LogP contribution is 2.39. The molecule has 2 aromatic heterocycles. The van der Waals surface area contributed by atoms with Crippen molar-refractivity contribution in [2.75, 3.05) is 24.5 Å². The Labute approximate surface area is 141 Å². The maximum absolute atomic E-state index is 13.8. The molecule has 1 unspecified atom stereocenters. The third-order valence-corrected chi connectivity index (χ3v) is 4.99. The van der Waals surface area contributed by atoms with E-state index in [1.54, 1.807) is 18.6 Å². The van der Waals surface area contributed by atoms with Gasteiger partial charge in [-0.3, -0.25) is 9.88 Å². The Hall–Kier alpha value is -2.08. The highest BCUT2D eigenvalue weighted by atomic mass is 19.1. The molecule has 1 atom stereocenters. The van der Waals surface area contributed by atoms with Crippen molar-refractivity contribution in [1.82, 2.24) is 19.9 Å². The lowest BCUT2D eigenvalue weighted by Crippen LogP contribution is -2.51. The molecule has 6 heteroatoms. The van der Waals surface area contributed by atoms with Crippen molar-refractivity contribution in [3.05, 3.63) is 47.9 Å². The fraction of sp³-hybridized carbons (Fsp3) is 0.500. The number of hydrogen-bond acceptors (Lipinski definition) is 5. The summed E-state index contributed by atoms with van der Waals surface area (Å²) >= 11 is 0. The van der Waals surface area contributed by atoms with Gasteiger partial charge in [0, 0.05) is 61.7 Å². The second kappa shape index (κ2) is 6.43. The number of pyridine rings is 1. The van der Waals surface area contributed by atoms with Crippen LogP contribution in [0.1, 0.15) is 36.9 Å². The fourth-order valence-corrected chi connectivity index (χ4v) is 3.33. The molecule has 2 aliphatic rings. The van der Waals surface area contributed by atoms with Gasteiger partial charge in [-0.05, 0) is 25.8 Å². The van der Waals surface area contributed by atoms with Crippen LogP contribution in [0.5, 0.6) is 0 Å². The molecule has 0 spiro atoms. The fourth-order valence-electron chi connectivity index (χ4n) is 3.33. The van der Waals surface area contributed by atoms with E-state index in [-0.39, 0.29) is 5.82 Å². The molecule has 24 heavy (non-hydrogen) atoms. The van der Waals surface area contributed by atoms with Gasteiger partial charge in [0.05, 0.1) is 6.20 Å². The third kappa shape index (κ3) is 3.24. The predicted octanol–water partition coefficient (Wildman–Crippen LogP) is 2.60. The van der Waals surface area contributed by atoms with Gasteiger partial charge in [0.1, 0.15) is 18.0 Å². The lowest BCUT2D eigenvalue weighted by Gasteiger charge is -2.40. The highest BCUT2D eigenvalue weighted by Gasteiger charge is 2.28. The highest BCUT2D eigenvalue weighted by molar-refractivity contribution is 5.41. The second-order valence-corrected chi connectivity index (χ2v) is 6.81. The zero-order chi connectivity index (χ0) is 16.5. The van der Waals surface area contributed by atoms with Gasteiger partial charge in [-0.1, -0.05) is 0 Å². The Bertz CT molecular complexity index is 718. The van der Waals surface area contributed by atoms with Crippen molar-refractivity contribution in [3.8, 4) is 0 Å². The summed E-state index contributed by atoms with van der Waals surface area (Å²) in [6.45, 7) is 5.51. The van der Waals surface area contributed by atoms with Gasteiger partial charge in [-0.2, -0.15) is 0 Å². The summed E-state index contributed by atoms with van der Waals surface area (Å²) in [7, 11) is 0. The molecular formula is C18H22FN5. The Morgan fingerprint density at radius 1 is 1.25 bits per heavy atom. The van der Waals surface area contributed by atoms with Gasteiger partial charge in [0.2, 0.25) is 0 Å². The molecule has 1 saturated carbocycles. The molecule has 1 saturated heterocycles. The standard InChI is InChI=1S/C18H22FN5/c1-13-10-24(18-8-17(14-2-3-14)21-12-22-18)7-6-23(13)11-15-4-5-20-9-16(15)19/h4-5,8-9,12-14H,2-3,6-7,10-11H2,1H3. The predicted molar refractivity (Wildman–Crippen MR) is 90.3 cm³/mol. The number of rotatable bonds is 4. The van der Waals surface area contributed by atoms with Gasteiger partial charge < -0.3 is 4.90 Å². The minimum Gasteiger partial charge on any atom is -0.354 e. The summed E-state index contributed by atoms with van der Waals surface area (Å²) < 4.78 is 13.8. The minimum absolute atomic E-state index is 0.225. The Balaban J connectivity index is 1.42. The van der Waals surface area contributed by atoms with E-state index in [2.05, 4.69) is 37.7 Å². The summed E-state index contributed by atoms with van der Waals surface area (Å²) in [4.78, 5) is 17.3. The molecule has 126 valence electrons. The minimum atomic E-state index is -0.225. The molecular weight excluding hydrogens is 305 g/mol. The molecule has 4 rings (SSSR count). The zero-order valence-electron chi connectivity index (χ0n) is 13.9. The Kier molecular flexibility index (Phi) is 4.14. The summed E-state index contributed by atoms with van der Waals surface area (Å²) in [6, 6.07) is 4.24. The largest absolute Gasteiger partial charge is 0.354 e. The van der Waals surface area contributed by atoms with E-state index in [1.165, 1.54) is 24.7 Å². The molecule has 0 bridgehead atoms. The maximum Gasteiger partial charge on any atom is 0.145 e. The monoisotopic (exact) mass is 327 g/mol. The topological polar surface area (TPSA) is 45.2 Å². The van der Waals surface area contributed by atoms with Crippen LogP contribution in [-0.4, -0.2) is 45.5 Å². The Morgan fingerprint density at radius 2 is 2.12 bits per heavy atom. The second-order valence-electron chi connectivity index (χ2n) is 6.81. The first kappa shape index (κ1) is 15.4. The Morgan fingerprint density at radius 3 is 2.88 bits per heavy atom. The van der Waals surface area contributed by atoms with E-state index in [1.807, 2.05) is 0 Å². The van der Waals surface area contributed by atoms with Crippen LogP contribution in [0.4, 0.5) is 10.2 Å². The molecule has 0 radical (unpaired) electrons. The molecule has 0 N–H and O–H groups in total. The molecule has 2 aromatic rings. The molecule has 5 nitrogen and oxygen atoms in total. The van der Waals surface area contributed by atoms with Gasteiger partial charge in [0.15, 0.2) is 0 Å². The average Bonchev–Trinajstić information content (AvgIpc) is 3.44. The molecule has 3 heterocycles.